The molecule has 1 aliphatic heterocycles. The van der Waals surface area contributed by atoms with Crippen molar-refractivity contribution in [2.45, 2.75) is 12.8 Å². The quantitative estimate of drug-likeness (QED) is 0.649. The van der Waals surface area contributed by atoms with Gasteiger partial charge >= 0.3 is 0 Å². The minimum Gasteiger partial charge on any atom is -0.339 e. The topological polar surface area (TPSA) is 59.4 Å². The van der Waals surface area contributed by atoms with E-state index in [9.17, 15) is 4.79 Å². The average Bonchev–Trinajstić information content (AvgIpc) is 2.30. The summed E-state index contributed by atoms with van der Waals surface area (Å²) in [4.78, 5) is 15.7. The van der Waals surface area contributed by atoms with E-state index in [1.165, 1.54) is 0 Å². The van der Waals surface area contributed by atoms with E-state index in [2.05, 4.69) is 11.4 Å². The molecule has 5 nitrogen and oxygen atoms in total. The fraction of sp³-hybridized carbons (Fsp3) is 0.818. The number of hydrogen-bond donors (Lipinski definition) is 1. The first-order valence-corrected chi connectivity index (χ1v) is 5.78. The van der Waals surface area contributed by atoms with Gasteiger partial charge in [-0.2, -0.15) is 5.26 Å². The summed E-state index contributed by atoms with van der Waals surface area (Å²) in [6, 6.07) is 2.11. The third-order valence-electron chi connectivity index (χ3n) is 2.70. The molecule has 0 bridgehead atoms. The zero-order valence-corrected chi connectivity index (χ0v) is 9.91. The van der Waals surface area contributed by atoms with Gasteiger partial charge in [0.1, 0.15) is 0 Å². The van der Waals surface area contributed by atoms with Gasteiger partial charge < -0.3 is 10.2 Å². The summed E-state index contributed by atoms with van der Waals surface area (Å²) in [6.07, 6.45) is 1.40. The summed E-state index contributed by atoms with van der Waals surface area (Å²) in [5.41, 5.74) is 0. The Kier molecular flexibility index (Phi) is 5.83. The predicted molar refractivity (Wildman–Crippen MR) is 61.8 cm³/mol. The highest BCUT2D eigenvalue weighted by atomic mass is 16.2. The third-order valence-corrected chi connectivity index (χ3v) is 2.70. The Morgan fingerprint density at radius 3 is 2.81 bits per heavy atom. The fourth-order valence-corrected chi connectivity index (χ4v) is 1.75. The van der Waals surface area contributed by atoms with E-state index < -0.39 is 0 Å². The van der Waals surface area contributed by atoms with Crippen LogP contribution in [0, 0.1) is 11.3 Å². The molecule has 0 aromatic heterocycles. The van der Waals surface area contributed by atoms with Gasteiger partial charge in [-0.25, -0.2) is 0 Å². The zero-order chi connectivity index (χ0) is 11.8. The second-order valence-corrected chi connectivity index (χ2v) is 4.13. The summed E-state index contributed by atoms with van der Waals surface area (Å²) in [6.45, 7) is 4.68. The number of nitriles is 1. The molecule has 0 aromatic rings. The third kappa shape index (κ3) is 4.60. The SMILES string of the molecule is CN(CCCC#N)CC(=O)N1CCNCC1. The van der Waals surface area contributed by atoms with Gasteiger partial charge in [-0.15, -0.1) is 0 Å². The summed E-state index contributed by atoms with van der Waals surface area (Å²) in [5.74, 6) is 0.195. The summed E-state index contributed by atoms with van der Waals surface area (Å²) >= 11 is 0. The molecule has 5 heteroatoms. The van der Waals surface area contributed by atoms with Crippen LogP contribution in [0.15, 0.2) is 0 Å². The number of nitrogens with zero attached hydrogens (tertiary/aromatic N) is 3. The van der Waals surface area contributed by atoms with Crippen molar-refractivity contribution in [3.8, 4) is 6.07 Å². The van der Waals surface area contributed by atoms with Crippen molar-refractivity contribution in [3.05, 3.63) is 0 Å². The molecule has 1 rings (SSSR count). The van der Waals surface area contributed by atoms with Gasteiger partial charge in [0.15, 0.2) is 0 Å². The number of carbonyl (C=O) groups is 1. The largest absolute Gasteiger partial charge is 0.339 e. The zero-order valence-electron chi connectivity index (χ0n) is 9.91. The molecule has 0 aliphatic carbocycles. The van der Waals surface area contributed by atoms with E-state index in [4.69, 9.17) is 5.26 Å². The van der Waals surface area contributed by atoms with Crippen LogP contribution in [-0.4, -0.2) is 62.0 Å². The van der Waals surface area contributed by atoms with E-state index in [1.807, 2.05) is 16.8 Å². The Morgan fingerprint density at radius 1 is 1.50 bits per heavy atom. The maximum Gasteiger partial charge on any atom is 0.236 e. The highest BCUT2D eigenvalue weighted by Gasteiger charge is 2.17. The Hall–Kier alpha value is -1.12. The lowest BCUT2D eigenvalue weighted by Crippen LogP contribution is -2.49. The number of piperazine rings is 1. The molecule has 1 saturated heterocycles. The lowest BCUT2D eigenvalue weighted by atomic mass is 10.3. The molecule has 1 N–H and O–H groups in total. The molecular weight excluding hydrogens is 204 g/mol. The molecule has 0 aromatic carbocycles. The number of amides is 1. The van der Waals surface area contributed by atoms with Crippen molar-refractivity contribution < 1.29 is 4.79 Å². The normalized spacial score (nSPS) is 16.2. The van der Waals surface area contributed by atoms with Crippen LogP contribution < -0.4 is 5.32 Å². The highest BCUT2D eigenvalue weighted by Crippen LogP contribution is 1.97. The van der Waals surface area contributed by atoms with E-state index in [0.717, 1.165) is 39.1 Å². The van der Waals surface area contributed by atoms with Crippen molar-refractivity contribution in [2.75, 3.05) is 46.3 Å². The minimum atomic E-state index is 0.195. The van der Waals surface area contributed by atoms with Crippen LogP contribution in [0.2, 0.25) is 0 Å². The Bertz CT molecular complexity index is 255. The first-order chi connectivity index (χ1) is 7.74. The van der Waals surface area contributed by atoms with Gasteiger partial charge in [-0.1, -0.05) is 0 Å². The van der Waals surface area contributed by atoms with Crippen molar-refractivity contribution in [1.82, 2.24) is 15.1 Å². The predicted octanol–water partition coefficient (Wildman–Crippen LogP) is -0.346. The van der Waals surface area contributed by atoms with Crippen LogP contribution in [0.25, 0.3) is 0 Å². The van der Waals surface area contributed by atoms with Gasteiger partial charge in [0, 0.05) is 32.6 Å². The number of nitrogens with one attached hydrogen (secondary N) is 1. The van der Waals surface area contributed by atoms with E-state index in [1.54, 1.807) is 0 Å². The van der Waals surface area contributed by atoms with Crippen LogP contribution in [-0.2, 0) is 4.79 Å². The Labute approximate surface area is 97.0 Å². The van der Waals surface area contributed by atoms with Crippen LogP contribution in [0.1, 0.15) is 12.8 Å². The summed E-state index contributed by atoms with van der Waals surface area (Å²) < 4.78 is 0. The molecule has 0 saturated carbocycles. The van der Waals surface area contributed by atoms with Crippen LogP contribution in [0.5, 0.6) is 0 Å². The van der Waals surface area contributed by atoms with Crippen molar-refractivity contribution in [1.29, 1.82) is 5.26 Å². The van der Waals surface area contributed by atoms with Gasteiger partial charge in [0.05, 0.1) is 12.6 Å². The average molecular weight is 224 g/mol. The molecule has 90 valence electrons. The minimum absolute atomic E-state index is 0.195. The maximum atomic E-state index is 11.8. The number of carbonyl (C=O) groups excluding carboxylic acids is 1. The van der Waals surface area contributed by atoms with Crippen LogP contribution >= 0.6 is 0 Å². The standard InChI is InChI=1S/C11H20N4O/c1-14(7-3-2-4-12)10-11(16)15-8-5-13-6-9-15/h13H,2-3,5-10H2,1H3. The van der Waals surface area contributed by atoms with Gasteiger partial charge in [-0.3, -0.25) is 9.69 Å². The summed E-state index contributed by atoms with van der Waals surface area (Å²) in [5, 5.41) is 11.6. The number of likely N-dealkylation sites (N-methyl/N-ethyl adjacent to an activating group) is 1. The second-order valence-electron chi connectivity index (χ2n) is 4.13. The molecule has 0 unspecified atom stereocenters. The smallest absolute Gasteiger partial charge is 0.236 e. The molecule has 16 heavy (non-hydrogen) atoms. The lowest BCUT2D eigenvalue weighted by molar-refractivity contribution is -0.132. The van der Waals surface area contributed by atoms with Gasteiger partial charge in [-0.05, 0) is 20.0 Å². The molecule has 0 spiro atoms. The monoisotopic (exact) mass is 224 g/mol. The number of unbranched alkanes of at least 4 members (excludes halogenated alkanes) is 1. The summed E-state index contributed by atoms with van der Waals surface area (Å²) in [7, 11) is 1.93. The maximum absolute atomic E-state index is 11.8. The Balaban J connectivity index is 2.19. The first kappa shape index (κ1) is 12.9. The molecule has 1 aliphatic rings. The number of rotatable bonds is 5. The second kappa shape index (κ2) is 7.20. The van der Waals surface area contributed by atoms with Gasteiger partial charge in [0.2, 0.25) is 5.91 Å². The lowest BCUT2D eigenvalue weighted by Gasteiger charge is -2.29. The van der Waals surface area contributed by atoms with E-state index in [-0.39, 0.29) is 5.91 Å². The van der Waals surface area contributed by atoms with E-state index >= 15 is 0 Å². The first-order valence-electron chi connectivity index (χ1n) is 5.78. The van der Waals surface area contributed by atoms with Crippen molar-refractivity contribution >= 4 is 5.91 Å². The molecule has 1 fully saturated rings. The van der Waals surface area contributed by atoms with Crippen molar-refractivity contribution in [2.24, 2.45) is 0 Å². The van der Waals surface area contributed by atoms with Gasteiger partial charge in [0.25, 0.3) is 0 Å². The Morgan fingerprint density at radius 2 is 2.19 bits per heavy atom. The molecule has 0 radical (unpaired) electrons. The molecule has 1 amide bonds. The van der Waals surface area contributed by atoms with Crippen molar-refractivity contribution in [3.63, 3.8) is 0 Å². The van der Waals surface area contributed by atoms with Crippen LogP contribution in [0.4, 0.5) is 0 Å². The number of hydrogen-bond acceptors (Lipinski definition) is 4. The van der Waals surface area contributed by atoms with Crippen LogP contribution in [0.3, 0.4) is 0 Å². The van der Waals surface area contributed by atoms with E-state index in [0.29, 0.717) is 13.0 Å². The molecule has 1 heterocycles. The molecular formula is C11H20N4O. The highest BCUT2D eigenvalue weighted by molar-refractivity contribution is 5.78. The fourth-order valence-electron chi connectivity index (χ4n) is 1.75. The molecule has 0 atom stereocenters.